The first kappa shape index (κ1) is 20.3. The van der Waals surface area contributed by atoms with Crippen LogP contribution in [0.2, 0.25) is 0 Å². The van der Waals surface area contributed by atoms with E-state index in [0.717, 1.165) is 17.3 Å². The smallest absolute Gasteiger partial charge is 0.253 e. The molecule has 0 radical (unpaired) electrons. The standard InChI is InChI=1S/C21H24BrN3O3/c1-14(2)21(27)25-11-9-17(10-12-25)24-20(26)15-3-8-19(23-13-15)28-18-6-4-16(22)5-7-18/h3-8,13-14,17H,9-12H2,1-2H3,(H,24,26). The lowest BCUT2D eigenvalue weighted by Gasteiger charge is -2.33. The quantitative estimate of drug-likeness (QED) is 0.754. The molecule has 28 heavy (non-hydrogen) atoms. The predicted octanol–water partition coefficient (Wildman–Crippen LogP) is 4.01. The minimum Gasteiger partial charge on any atom is -0.439 e. The van der Waals surface area contributed by atoms with Gasteiger partial charge in [0.05, 0.1) is 5.56 Å². The maximum Gasteiger partial charge on any atom is 0.253 e. The highest BCUT2D eigenvalue weighted by molar-refractivity contribution is 9.10. The van der Waals surface area contributed by atoms with Gasteiger partial charge < -0.3 is 15.0 Å². The molecule has 7 heteroatoms. The Bertz CT molecular complexity index is 814. The summed E-state index contributed by atoms with van der Waals surface area (Å²) < 4.78 is 6.64. The number of piperidine rings is 1. The molecule has 0 spiro atoms. The van der Waals surface area contributed by atoms with Gasteiger partial charge in [-0.25, -0.2) is 4.98 Å². The van der Waals surface area contributed by atoms with Crippen LogP contribution in [-0.2, 0) is 4.79 Å². The van der Waals surface area contributed by atoms with E-state index in [1.54, 1.807) is 12.1 Å². The molecule has 6 nitrogen and oxygen atoms in total. The molecule has 0 bridgehead atoms. The summed E-state index contributed by atoms with van der Waals surface area (Å²) in [6.07, 6.45) is 3.05. The number of rotatable bonds is 5. The zero-order chi connectivity index (χ0) is 20.1. The lowest BCUT2D eigenvalue weighted by Crippen LogP contribution is -2.47. The number of ether oxygens (including phenoxy) is 1. The van der Waals surface area contributed by atoms with Crippen molar-refractivity contribution < 1.29 is 14.3 Å². The van der Waals surface area contributed by atoms with Crippen molar-refractivity contribution in [2.24, 2.45) is 5.92 Å². The Kier molecular flexibility index (Phi) is 6.67. The van der Waals surface area contributed by atoms with Crippen LogP contribution in [0, 0.1) is 5.92 Å². The summed E-state index contributed by atoms with van der Waals surface area (Å²) in [5.41, 5.74) is 0.490. The number of likely N-dealkylation sites (tertiary alicyclic amines) is 1. The molecular weight excluding hydrogens is 422 g/mol. The number of nitrogens with one attached hydrogen (secondary N) is 1. The van der Waals surface area contributed by atoms with Gasteiger partial charge in [-0.05, 0) is 43.2 Å². The number of pyridine rings is 1. The molecule has 0 atom stereocenters. The molecule has 3 rings (SSSR count). The van der Waals surface area contributed by atoms with Crippen molar-refractivity contribution in [1.82, 2.24) is 15.2 Å². The van der Waals surface area contributed by atoms with E-state index in [2.05, 4.69) is 26.2 Å². The fourth-order valence-corrected chi connectivity index (χ4v) is 3.34. The number of benzene rings is 1. The molecular formula is C21H24BrN3O3. The Hall–Kier alpha value is -2.41. The molecule has 1 saturated heterocycles. The SMILES string of the molecule is CC(C)C(=O)N1CCC(NC(=O)c2ccc(Oc3ccc(Br)cc3)nc2)CC1. The average molecular weight is 446 g/mol. The maximum absolute atomic E-state index is 12.5. The molecule has 2 aromatic rings. The third-order valence-corrected chi connectivity index (χ3v) is 5.20. The van der Waals surface area contributed by atoms with E-state index >= 15 is 0 Å². The lowest BCUT2D eigenvalue weighted by molar-refractivity contribution is -0.135. The first-order valence-corrected chi connectivity index (χ1v) is 10.2. The monoisotopic (exact) mass is 445 g/mol. The molecule has 1 aromatic heterocycles. The van der Waals surface area contributed by atoms with Gasteiger partial charge >= 0.3 is 0 Å². The zero-order valence-electron chi connectivity index (χ0n) is 16.0. The average Bonchev–Trinajstić information content (AvgIpc) is 2.70. The number of carbonyl (C=O) groups is 2. The Morgan fingerprint density at radius 3 is 2.39 bits per heavy atom. The van der Waals surface area contributed by atoms with Crippen LogP contribution >= 0.6 is 15.9 Å². The molecule has 1 fully saturated rings. The topological polar surface area (TPSA) is 71.5 Å². The van der Waals surface area contributed by atoms with Gasteiger partial charge in [0.15, 0.2) is 0 Å². The predicted molar refractivity (Wildman–Crippen MR) is 110 cm³/mol. The fourth-order valence-electron chi connectivity index (χ4n) is 3.08. The van der Waals surface area contributed by atoms with Crippen molar-refractivity contribution in [2.45, 2.75) is 32.7 Å². The van der Waals surface area contributed by atoms with Crippen LogP contribution in [-0.4, -0.2) is 40.8 Å². The zero-order valence-corrected chi connectivity index (χ0v) is 17.6. The van der Waals surface area contributed by atoms with Crippen molar-refractivity contribution in [3.8, 4) is 11.6 Å². The van der Waals surface area contributed by atoms with Gasteiger partial charge in [0.2, 0.25) is 11.8 Å². The van der Waals surface area contributed by atoms with Crippen LogP contribution in [0.15, 0.2) is 47.1 Å². The summed E-state index contributed by atoms with van der Waals surface area (Å²) in [5.74, 6) is 1.14. The molecule has 2 amide bonds. The van der Waals surface area contributed by atoms with E-state index in [-0.39, 0.29) is 23.8 Å². The number of nitrogens with zero attached hydrogens (tertiary/aromatic N) is 2. The first-order chi connectivity index (χ1) is 13.4. The van der Waals surface area contributed by atoms with Crippen molar-refractivity contribution in [3.05, 3.63) is 52.6 Å². The van der Waals surface area contributed by atoms with E-state index in [9.17, 15) is 9.59 Å². The fraction of sp³-hybridized carbons (Fsp3) is 0.381. The maximum atomic E-state index is 12.5. The highest BCUT2D eigenvalue weighted by Crippen LogP contribution is 2.22. The summed E-state index contributed by atoms with van der Waals surface area (Å²) >= 11 is 3.38. The van der Waals surface area contributed by atoms with Crippen LogP contribution in [0.1, 0.15) is 37.0 Å². The third-order valence-electron chi connectivity index (χ3n) is 4.67. The van der Waals surface area contributed by atoms with Crippen molar-refractivity contribution >= 4 is 27.7 Å². The lowest BCUT2D eigenvalue weighted by atomic mass is 10.0. The molecule has 0 saturated carbocycles. The number of hydrogen-bond donors (Lipinski definition) is 1. The van der Waals surface area contributed by atoms with Gasteiger partial charge in [0.1, 0.15) is 5.75 Å². The minimum atomic E-state index is -0.156. The second-order valence-electron chi connectivity index (χ2n) is 7.17. The van der Waals surface area contributed by atoms with Crippen LogP contribution in [0.5, 0.6) is 11.6 Å². The van der Waals surface area contributed by atoms with E-state index in [0.29, 0.717) is 30.3 Å². The van der Waals surface area contributed by atoms with Gasteiger partial charge in [-0.2, -0.15) is 0 Å². The van der Waals surface area contributed by atoms with Crippen LogP contribution in [0.25, 0.3) is 0 Å². The molecule has 1 aromatic carbocycles. The van der Waals surface area contributed by atoms with Gasteiger partial charge in [-0.15, -0.1) is 0 Å². The Morgan fingerprint density at radius 2 is 1.82 bits per heavy atom. The number of hydrogen-bond acceptors (Lipinski definition) is 4. The highest BCUT2D eigenvalue weighted by atomic mass is 79.9. The number of aromatic nitrogens is 1. The molecule has 148 valence electrons. The number of amides is 2. The Balaban J connectivity index is 1.51. The Morgan fingerprint density at radius 1 is 1.14 bits per heavy atom. The van der Waals surface area contributed by atoms with E-state index in [4.69, 9.17) is 4.74 Å². The first-order valence-electron chi connectivity index (χ1n) is 9.41. The van der Waals surface area contributed by atoms with Crippen molar-refractivity contribution in [2.75, 3.05) is 13.1 Å². The van der Waals surface area contributed by atoms with Crippen LogP contribution < -0.4 is 10.1 Å². The second kappa shape index (κ2) is 9.19. The Labute approximate surface area is 173 Å². The van der Waals surface area contributed by atoms with E-state index < -0.39 is 0 Å². The summed E-state index contributed by atoms with van der Waals surface area (Å²) in [6.45, 7) is 5.18. The van der Waals surface area contributed by atoms with E-state index in [1.165, 1.54) is 6.20 Å². The van der Waals surface area contributed by atoms with Gasteiger partial charge in [-0.3, -0.25) is 9.59 Å². The van der Waals surface area contributed by atoms with E-state index in [1.807, 2.05) is 43.0 Å². The van der Waals surface area contributed by atoms with Crippen molar-refractivity contribution in [1.29, 1.82) is 0 Å². The van der Waals surface area contributed by atoms with Crippen LogP contribution in [0.4, 0.5) is 0 Å². The highest BCUT2D eigenvalue weighted by Gasteiger charge is 2.25. The molecule has 0 unspecified atom stereocenters. The normalized spacial score (nSPS) is 14.8. The second-order valence-corrected chi connectivity index (χ2v) is 8.08. The van der Waals surface area contributed by atoms with Gasteiger partial charge in [0, 0.05) is 41.8 Å². The van der Waals surface area contributed by atoms with Gasteiger partial charge in [-0.1, -0.05) is 29.8 Å². The largest absolute Gasteiger partial charge is 0.439 e. The van der Waals surface area contributed by atoms with Crippen molar-refractivity contribution in [3.63, 3.8) is 0 Å². The summed E-state index contributed by atoms with van der Waals surface area (Å²) in [4.78, 5) is 30.6. The molecule has 1 aliphatic heterocycles. The third kappa shape index (κ3) is 5.32. The number of halogens is 1. The molecule has 0 aliphatic carbocycles. The molecule has 1 aliphatic rings. The van der Waals surface area contributed by atoms with Crippen LogP contribution in [0.3, 0.4) is 0 Å². The minimum absolute atomic E-state index is 0.00959. The molecule has 2 heterocycles. The molecule has 1 N–H and O–H groups in total. The van der Waals surface area contributed by atoms with Gasteiger partial charge in [0.25, 0.3) is 5.91 Å². The summed E-state index contributed by atoms with van der Waals surface area (Å²) in [5, 5.41) is 3.04. The number of carbonyl (C=O) groups excluding carboxylic acids is 2. The summed E-state index contributed by atoms with van der Waals surface area (Å²) in [6, 6.07) is 10.9. The summed E-state index contributed by atoms with van der Waals surface area (Å²) in [7, 11) is 0.